The molecule has 0 aromatic carbocycles. The van der Waals surface area contributed by atoms with E-state index in [4.69, 9.17) is 0 Å². The second kappa shape index (κ2) is 7.08. The summed E-state index contributed by atoms with van der Waals surface area (Å²) in [5, 5.41) is 3.39. The summed E-state index contributed by atoms with van der Waals surface area (Å²) in [6.07, 6.45) is 8.13. The first kappa shape index (κ1) is 17.0. The lowest BCUT2D eigenvalue weighted by molar-refractivity contribution is 0.0857. The zero-order valence-corrected chi connectivity index (χ0v) is 14.2. The van der Waals surface area contributed by atoms with Crippen LogP contribution >= 0.6 is 0 Å². The topological polar surface area (TPSA) is 15.3 Å². The minimum absolute atomic E-state index is 0.422. The Balaban J connectivity index is 2.50. The Kier molecular flexibility index (Phi) is 6.32. The fourth-order valence-corrected chi connectivity index (χ4v) is 3.81. The minimum atomic E-state index is 0.422. The molecule has 0 amide bonds. The molecule has 1 atom stereocenters. The number of hydrogen-bond donors (Lipinski definition) is 1. The van der Waals surface area contributed by atoms with Gasteiger partial charge in [-0.25, -0.2) is 0 Å². The van der Waals surface area contributed by atoms with Crippen LogP contribution in [-0.2, 0) is 0 Å². The fourth-order valence-electron chi connectivity index (χ4n) is 3.81. The zero-order valence-electron chi connectivity index (χ0n) is 14.2. The van der Waals surface area contributed by atoms with Crippen molar-refractivity contribution >= 4 is 0 Å². The number of nitrogens with one attached hydrogen (secondary N) is 1. The van der Waals surface area contributed by atoms with Crippen molar-refractivity contribution in [2.24, 2.45) is 10.8 Å². The van der Waals surface area contributed by atoms with Crippen molar-refractivity contribution < 1.29 is 0 Å². The molecule has 1 aliphatic carbocycles. The van der Waals surface area contributed by atoms with Gasteiger partial charge in [0.1, 0.15) is 0 Å². The molecule has 0 aromatic rings. The molecule has 2 heteroatoms. The molecule has 0 aliphatic heterocycles. The summed E-state index contributed by atoms with van der Waals surface area (Å²) in [5.74, 6) is 0. The maximum atomic E-state index is 3.39. The van der Waals surface area contributed by atoms with Gasteiger partial charge in [0, 0.05) is 19.1 Å². The molecule has 1 fully saturated rings. The van der Waals surface area contributed by atoms with Crippen LogP contribution in [0.4, 0.5) is 0 Å². The van der Waals surface area contributed by atoms with E-state index < -0.39 is 0 Å². The van der Waals surface area contributed by atoms with Crippen LogP contribution in [0.25, 0.3) is 0 Å². The smallest absolute Gasteiger partial charge is 0.00928 e. The first-order valence-electron chi connectivity index (χ1n) is 8.17. The first-order valence-corrected chi connectivity index (χ1v) is 8.17. The van der Waals surface area contributed by atoms with Crippen LogP contribution < -0.4 is 5.32 Å². The molecule has 114 valence electrons. The molecule has 2 nitrogen and oxygen atoms in total. The van der Waals surface area contributed by atoms with Gasteiger partial charge in [-0.2, -0.15) is 0 Å². The molecule has 1 rings (SSSR count). The summed E-state index contributed by atoms with van der Waals surface area (Å²) < 4.78 is 0. The molecule has 0 heterocycles. The second-order valence-electron chi connectivity index (χ2n) is 7.90. The average Bonchev–Trinajstić information content (AvgIpc) is 2.28. The molecule has 1 unspecified atom stereocenters. The highest BCUT2D eigenvalue weighted by Gasteiger charge is 2.32. The summed E-state index contributed by atoms with van der Waals surface area (Å²) in [7, 11) is 4.42. The minimum Gasteiger partial charge on any atom is -0.319 e. The van der Waals surface area contributed by atoms with Gasteiger partial charge in [0.25, 0.3) is 0 Å². The van der Waals surface area contributed by atoms with Crippen LogP contribution in [0.1, 0.15) is 66.2 Å². The lowest BCUT2D eigenvalue weighted by atomic mass is 9.75. The normalized spacial score (nSPS) is 23.5. The molecular formula is C17H36N2. The van der Waals surface area contributed by atoms with Gasteiger partial charge in [0.15, 0.2) is 0 Å². The fraction of sp³-hybridized carbons (Fsp3) is 1.00. The summed E-state index contributed by atoms with van der Waals surface area (Å²) >= 11 is 0. The van der Waals surface area contributed by atoms with E-state index in [1.165, 1.54) is 45.1 Å². The molecule has 0 spiro atoms. The number of rotatable bonds is 7. The van der Waals surface area contributed by atoms with Gasteiger partial charge in [0.05, 0.1) is 0 Å². The van der Waals surface area contributed by atoms with E-state index in [0.29, 0.717) is 10.8 Å². The summed E-state index contributed by atoms with van der Waals surface area (Å²) in [5.41, 5.74) is 1.00. The predicted molar refractivity (Wildman–Crippen MR) is 85.6 cm³/mol. The Morgan fingerprint density at radius 1 is 1.26 bits per heavy atom. The summed E-state index contributed by atoms with van der Waals surface area (Å²) in [6, 6.07) is 0.807. The van der Waals surface area contributed by atoms with Gasteiger partial charge in [-0.15, -0.1) is 0 Å². The highest BCUT2D eigenvalue weighted by atomic mass is 15.1. The van der Waals surface area contributed by atoms with Crippen LogP contribution in [0, 0.1) is 10.8 Å². The van der Waals surface area contributed by atoms with E-state index in [1.54, 1.807) is 0 Å². The van der Waals surface area contributed by atoms with Crippen molar-refractivity contribution in [2.75, 3.05) is 27.2 Å². The SMILES string of the molecule is CCCC(C)(CNC)CN(C)C1CCC(C)(C)CC1. The molecule has 1 N–H and O–H groups in total. The van der Waals surface area contributed by atoms with E-state index >= 15 is 0 Å². The number of nitrogens with zero attached hydrogens (tertiary/aromatic N) is 1. The highest BCUT2D eigenvalue weighted by Crippen LogP contribution is 2.37. The molecule has 0 bridgehead atoms. The van der Waals surface area contributed by atoms with Crippen molar-refractivity contribution in [1.82, 2.24) is 10.2 Å². The van der Waals surface area contributed by atoms with Crippen molar-refractivity contribution in [1.29, 1.82) is 0 Å². The summed E-state index contributed by atoms with van der Waals surface area (Å²) in [4.78, 5) is 2.64. The van der Waals surface area contributed by atoms with Gasteiger partial charge in [-0.3, -0.25) is 0 Å². The largest absolute Gasteiger partial charge is 0.319 e. The monoisotopic (exact) mass is 268 g/mol. The zero-order chi connectivity index (χ0) is 14.5. The Labute approximate surface area is 121 Å². The van der Waals surface area contributed by atoms with Crippen LogP contribution in [-0.4, -0.2) is 38.1 Å². The molecule has 0 aromatic heterocycles. The Morgan fingerprint density at radius 3 is 2.32 bits per heavy atom. The van der Waals surface area contributed by atoms with E-state index in [9.17, 15) is 0 Å². The van der Waals surface area contributed by atoms with Crippen molar-refractivity contribution in [3.63, 3.8) is 0 Å². The Morgan fingerprint density at radius 2 is 1.84 bits per heavy atom. The van der Waals surface area contributed by atoms with Crippen LogP contribution in [0.15, 0.2) is 0 Å². The molecule has 1 saturated carbocycles. The van der Waals surface area contributed by atoms with Gasteiger partial charge >= 0.3 is 0 Å². The maximum absolute atomic E-state index is 3.39. The maximum Gasteiger partial charge on any atom is 0.00928 e. The molecule has 1 aliphatic rings. The average molecular weight is 268 g/mol. The van der Waals surface area contributed by atoms with Crippen LogP contribution in [0.5, 0.6) is 0 Å². The highest BCUT2D eigenvalue weighted by molar-refractivity contribution is 4.86. The van der Waals surface area contributed by atoms with Gasteiger partial charge in [-0.05, 0) is 57.0 Å². The molecule has 19 heavy (non-hydrogen) atoms. The summed E-state index contributed by atoms with van der Waals surface area (Å²) in [6.45, 7) is 11.9. The van der Waals surface area contributed by atoms with Gasteiger partial charge in [-0.1, -0.05) is 34.1 Å². The Bertz CT molecular complexity index is 244. The van der Waals surface area contributed by atoms with Crippen LogP contribution in [0.3, 0.4) is 0 Å². The predicted octanol–water partition coefficient (Wildman–Crippen LogP) is 3.91. The molecule has 0 saturated heterocycles. The van der Waals surface area contributed by atoms with E-state index in [2.05, 4.69) is 52.0 Å². The third-order valence-electron chi connectivity index (χ3n) is 5.02. The second-order valence-corrected chi connectivity index (χ2v) is 7.90. The van der Waals surface area contributed by atoms with Crippen molar-refractivity contribution in [3.05, 3.63) is 0 Å². The van der Waals surface area contributed by atoms with Gasteiger partial charge < -0.3 is 10.2 Å². The van der Waals surface area contributed by atoms with Gasteiger partial charge in [0.2, 0.25) is 0 Å². The Hall–Kier alpha value is -0.0800. The molecular weight excluding hydrogens is 232 g/mol. The van der Waals surface area contributed by atoms with Crippen molar-refractivity contribution in [3.8, 4) is 0 Å². The standard InChI is InChI=1S/C17H36N2/c1-7-10-17(4,13-18-5)14-19(6)15-8-11-16(2,3)12-9-15/h15,18H,7-14H2,1-6H3. The van der Waals surface area contributed by atoms with Crippen LogP contribution in [0.2, 0.25) is 0 Å². The number of hydrogen-bond acceptors (Lipinski definition) is 2. The lowest BCUT2D eigenvalue weighted by Crippen LogP contribution is -2.45. The third-order valence-corrected chi connectivity index (χ3v) is 5.02. The van der Waals surface area contributed by atoms with E-state index in [-0.39, 0.29) is 0 Å². The van der Waals surface area contributed by atoms with E-state index in [1.807, 2.05) is 0 Å². The van der Waals surface area contributed by atoms with E-state index in [0.717, 1.165) is 12.6 Å². The third kappa shape index (κ3) is 5.43. The quantitative estimate of drug-likeness (QED) is 0.753. The first-order chi connectivity index (χ1) is 8.82. The molecule has 0 radical (unpaired) electrons. The van der Waals surface area contributed by atoms with Crippen molar-refractivity contribution in [2.45, 2.75) is 72.3 Å². The lowest BCUT2D eigenvalue weighted by Gasteiger charge is -2.42.